The Balaban J connectivity index is 2.06. The summed E-state index contributed by atoms with van der Waals surface area (Å²) in [5.41, 5.74) is -0.801. The van der Waals surface area contributed by atoms with Gasteiger partial charge >= 0.3 is 0 Å². The van der Waals surface area contributed by atoms with E-state index >= 15 is 0 Å². The molecule has 80 valence electrons. The lowest BCUT2D eigenvalue weighted by atomic mass is 10.1. The fourth-order valence-corrected chi connectivity index (χ4v) is 1.78. The molecule has 1 N–H and O–H groups in total. The Hall–Kier alpha value is -1.57. The van der Waals surface area contributed by atoms with E-state index < -0.39 is 5.41 Å². The normalized spacial score (nSPS) is 23.7. The number of amides is 2. The molecule has 15 heavy (non-hydrogen) atoms. The third-order valence-corrected chi connectivity index (χ3v) is 2.92. The molecule has 1 saturated heterocycles. The van der Waals surface area contributed by atoms with E-state index in [1.54, 1.807) is 0 Å². The van der Waals surface area contributed by atoms with Crippen LogP contribution in [0.5, 0.6) is 0 Å². The fourth-order valence-electron chi connectivity index (χ4n) is 1.78. The maximum Gasteiger partial charge on any atom is 0.243 e. The molecule has 0 spiro atoms. The van der Waals surface area contributed by atoms with E-state index in [-0.39, 0.29) is 18.4 Å². The Morgan fingerprint density at radius 1 is 1.53 bits per heavy atom. The summed E-state index contributed by atoms with van der Waals surface area (Å²) in [6.07, 6.45) is 2.04. The molecule has 0 aromatic rings. The monoisotopic (exact) mass is 207 g/mol. The number of nitrogens with one attached hydrogen (secondary N) is 1. The average molecular weight is 207 g/mol. The van der Waals surface area contributed by atoms with Gasteiger partial charge in [-0.2, -0.15) is 5.26 Å². The summed E-state index contributed by atoms with van der Waals surface area (Å²) >= 11 is 0. The van der Waals surface area contributed by atoms with Gasteiger partial charge in [-0.25, -0.2) is 0 Å². The maximum atomic E-state index is 11.9. The van der Waals surface area contributed by atoms with Crippen LogP contribution >= 0.6 is 0 Å². The third-order valence-electron chi connectivity index (χ3n) is 2.92. The Bertz CT molecular complexity index is 341. The van der Waals surface area contributed by atoms with Gasteiger partial charge in [0.05, 0.1) is 12.6 Å². The zero-order chi connectivity index (χ0) is 10.9. The van der Waals surface area contributed by atoms with Gasteiger partial charge in [0.15, 0.2) is 0 Å². The van der Waals surface area contributed by atoms with Crippen molar-refractivity contribution >= 4 is 11.8 Å². The largest absolute Gasteiger partial charge is 0.354 e. The number of carbonyl (C=O) groups is 2. The summed E-state index contributed by atoms with van der Waals surface area (Å²) in [4.78, 5) is 24.7. The van der Waals surface area contributed by atoms with Crippen LogP contribution in [-0.4, -0.2) is 36.3 Å². The van der Waals surface area contributed by atoms with E-state index in [2.05, 4.69) is 11.4 Å². The molecule has 0 aromatic heterocycles. The summed E-state index contributed by atoms with van der Waals surface area (Å²) in [6, 6.07) is 2.06. The van der Waals surface area contributed by atoms with Crippen molar-refractivity contribution in [3.63, 3.8) is 0 Å². The topological polar surface area (TPSA) is 73.2 Å². The highest BCUT2D eigenvalue weighted by Gasteiger charge is 2.52. The number of rotatable bonds is 1. The van der Waals surface area contributed by atoms with Gasteiger partial charge in [-0.3, -0.25) is 9.59 Å². The molecule has 0 bridgehead atoms. The quantitative estimate of drug-likeness (QED) is 0.638. The van der Waals surface area contributed by atoms with E-state index in [9.17, 15) is 9.59 Å². The molecule has 1 heterocycles. The first-order chi connectivity index (χ1) is 7.18. The molecule has 0 aromatic carbocycles. The van der Waals surface area contributed by atoms with Crippen molar-refractivity contribution in [2.24, 2.45) is 5.41 Å². The van der Waals surface area contributed by atoms with Gasteiger partial charge in [-0.05, 0) is 19.3 Å². The Labute approximate surface area is 88.0 Å². The van der Waals surface area contributed by atoms with Crippen LogP contribution < -0.4 is 5.32 Å². The lowest BCUT2D eigenvalue weighted by Gasteiger charge is -2.21. The lowest BCUT2D eigenvalue weighted by molar-refractivity contribution is -0.138. The standard InChI is InChI=1S/C10H13N3O2/c11-7-10(2-3-10)9(15)13-5-1-4-12-8(14)6-13/h1-6H2,(H,12,14). The van der Waals surface area contributed by atoms with Gasteiger partial charge in [-0.1, -0.05) is 0 Å². The zero-order valence-corrected chi connectivity index (χ0v) is 8.45. The van der Waals surface area contributed by atoms with Crippen molar-refractivity contribution in [2.75, 3.05) is 19.6 Å². The van der Waals surface area contributed by atoms with Crippen molar-refractivity contribution in [1.29, 1.82) is 5.26 Å². The van der Waals surface area contributed by atoms with Gasteiger partial charge in [0.25, 0.3) is 0 Å². The zero-order valence-electron chi connectivity index (χ0n) is 8.45. The molecule has 2 fully saturated rings. The van der Waals surface area contributed by atoms with Crippen LogP contribution in [-0.2, 0) is 9.59 Å². The second kappa shape index (κ2) is 3.54. The molecular formula is C10H13N3O2. The highest BCUT2D eigenvalue weighted by Crippen LogP contribution is 2.46. The predicted molar refractivity (Wildman–Crippen MR) is 51.5 cm³/mol. The molecule has 1 aliphatic heterocycles. The van der Waals surface area contributed by atoms with E-state index in [4.69, 9.17) is 5.26 Å². The van der Waals surface area contributed by atoms with Crippen molar-refractivity contribution in [1.82, 2.24) is 10.2 Å². The molecule has 0 radical (unpaired) electrons. The summed E-state index contributed by atoms with van der Waals surface area (Å²) in [7, 11) is 0. The molecule has 2 rings (SSSR count). The highest BCUT2D eigenvalue weighted by atomic mass is 16.2. The minimum absolute atomic E-state index is 0.0995. The van der Waals surface area contributed by atoms with Crippen LogP contribution in [0, 0.1) is 16.7 Å². The SMILES string of the molecule is N#CC1(C(=O)N2CCCNC(=O)C2)CC1. The molecule has 0 atom stereocenters. The van der Waals surface area contributed by atoms with Crippen LogP contribution in [0.15, 0.2) is 0 Å². The second-order valence-electron chi connectivity index (χ2n) is 4.12. The number of nitriles is 1. The van der Waals surface area contributed by atoms with Gasteiger partial charge in [-0.15, -0.1) is 0 Å². The van der Waals surface area contributed by atoms with Gasteiger partial charge in [0.2, 0.25) is 11.8 Å². The molecule has 2 amide bonds. The highest BCUT2D eigenvalue weighted by molar-refractivity contribution is 5.91. The van der Waals surface area contributed by atoms with Gasteiger partial charge in [0.1, 0.15) is 5.41 Å². The number of hydrogen-bond donors (Lipinski definition) is 1. The predicted octanol–water partition coefficient (Wildman–Crippen LogP) is -0.361. The van der Waals surface area contributed by atoms with Crippen LogP contribution in [0.1, 0.15) is 19.3 Å². The first kappa shape index (κ1) is 9.97. The first-order valence-electron chi connectivity index (χ1n) is 5.15. The maximum absolute atomic E-state index is 11.9. The number of hydrogen-bond acceptors (Lipinski definition) is 3. The van der Waals surface area contributed by atoms with Crippen molar-refractivity contribution in [3.8, 4) is 6.07 Å². The molecule has 2 aliphatic rings. The second-order valence-corrected chi connectivity index (χ2v) is 4.12. The Morgan fingerprint density at radius 3 is 2.87 bits per heavy atom. The van der Waals surface area contributed by atoms with Crippen molar-refractivity contribution in [2.45, 2.75) is 19.3 Å². The summed E-state index contributed by atoms with van der Waals surface area (Å²) < 4.78 is 0. The van der Waals surface area contributed by atoms with Gasteiger partial charge < -0.3 is 10.2 Å². The molecule has 0 unspecified atom stereocenters. The Morgan fingerprint density at radius 2 is 2.27 bits per heavy atom. The summed E-state index contributed by atoms with van der Waals surface area (Å²) in [5, 5.41) is 11.6. The number of nitrogens with zero attached hydrogens (tertiary/aromatic N) is 2. The molecule has 5 heteroatoms. The van der Waals surface area contributed by atoms with Crippen LogP contribution in [0.3, 0.4) is 0 Å². The van der Waals surface area contributed by atoms with Crippen LogP contribution in [0.4, 0.5) is 0 Å². The molecule has 1 saturated carbocycles. The third kappa shape index (κ3) is 1.80. The molecular weight excluding hydrogens is 194 g/mol. The van der Waals surface area contributed by atoms with E-state index in [0.29, 0.717) is 25.9 Å². The van der Waals surface area contributed by atoms with Gasteiger partial charge in [0, 0.05) is 13.1 Å². The molecule has 1 aliphatic carbocycles. The van der Waals surface area contributed by atoms with E-state index in [1.165, 1.54) is 4.90 Å². The smallest absolute Gasteiger partial charge is 0.243 e. The average Bonchev–Trinajstić information content (AvgIpc) is 3.02. The van der Waals surface area contributed by atoms with Crippen molar-refractivity contribution < 1.29 is 9.59 Å². The summed E-state index contributed by atoms with van der Waals surface area (Å²) in [6.45, 7) is 1.28. The van der Waals surface area contributed by atoms with E-state index in [1.807, 2.05) is 0 Å². The Kier molecular flexibility index (Phi) is 2.35. The van der Waals surface area contributed by atoms with E-state index in [0.717, 1.165) is 6.42 Å². The molecule has 5 nitrogen and oxygen atoms in total. The summed E-state index contributed by atoms with van der Waals surface area (Å²) in [5.74, 6) is -0.295. The minimum Gasteiger partial charge on any atom is -0.354 e. The van der Waals surface area contributed by atoms with Crippen LogP contribution in [0.2, 0.25) is 0 Å². The number of carbonyl (C=O) groups excluding carboxylic acids is 2. The van der Waals surface area contributed by atoms with Crippen molar-refractivity contribution in [3.05, 3.63) is 0 Å². The first-order valence-corrected chi connectivity index (χ1v) is 5.15. The fraction of sp³-hybridized carbons (Fsp3) is 0.700. The van der Waals surface area contributed by atoms with Crippen LogP contribution in [0.25, 0.3) is 0 Å². The lowest BCUT2D eigenvalue weighted by Crippen LogP contribution is -2.41. The minimum atomic E-state index is -0.801.